The number of pyridine rings is 1. The van der Waals surface area contributed by atoms with Crippen molar-refractivity contribution in [1.82, 2.24) is 34.5 Å². The summed E-state index contributed by atoms with van der Waals surface area (Å²) in [4.78, 5) is 12.3. The fourth-order valence-corrected chi connectivity index (χ4v) is 4.29. The highest BCUT2D eigenvalue weighted by atomic mass is 15.3. The Balaban J connectivity index is 1.57. The van der Waals surface area contributed by atoms with Crippen LogP contribution < -0.4 is 5.73 Å². The summed E-state index contributed by atoms with van der Waals surface area (Å²) in [7, 11) is 0. The number of hydrogen-bond donors (Lipinski definition) is 2. The predicted octanol–water partition coefficient (Wildman–Crippen LogP) is 4.46. The Kier molecular flexibility index (Phi) is 4.92. The molecule has 3 N–H and O–H groups in total. The van der Waals surface area contributed by atoms with Crippen LogP contribution in [0.2, 0.25) is 0 Å². The lowest BCUT2D eigenvalue weighted by molar-refractivity contribution is 0.578. The van der Waals surface area contributed by atoms with Gasteiger partial charge in [-0.15, -0.1) is 0 Å². The Morgan fingerprint density at radius 3 is 2.69 bits per heavy atom. The van der Waals surface area contributed by atoms with Gasteiger partial charge in [-0.1, -0.05) is 12.1 Å². The second kappa shape index (κ2) is 8.25. The number of nitriles is 1. The molecule has 1 saturated carbocycles. The van der Waals surface area contributed by atoms with Crippen molar-refractivity contribution in [1.29, 1.82) is 5.26 Å². The molecule has 1 aliphatic rings. The van der Waals surface area contributed by atoms with E-state index in [1.807, 2.05) is 35.9 Å². The minimum atomic E-state index is 0.437. The molecule has 0 amide bonds. The van der Waals surface area contributed by atoms with Crippen molar-refractivity contribution in [3.05, 3.63) is 72.3 Å². The van der Waals surface area contributed by atoms with Gasteiger partial charge in [0.1, 0.15) is 17.2 Å². The zero-order chi connectivity index (χ0) is 23.9. The lowest BCUT2D eigenvalue weighted by Crippen LogP contribution is -2.03. The van der Waals surface area contributed by atoms with Gasteiger partial charge in [0.05, 0.1) is 22.8 Å². The van der Waals surface area contributed by atoms with Gasteiger partial charge < -0.3 is 10.7 Å². The summed E-state index contributed by atoms with van der Waals surface area (Å²) in [6.07, 6.45) is 7.71. The molecule has 5 aromatic rings. The van der Waals surface area contributed by atoms with Crippen molar-refractivity contribution in [3.63, 3.8) is 0 Å². The SMILES string of the molecule is Cc1nn(-c2cc(N)[nH]c3c(ccn2)c(-c2ccc(C#N)cc2)nn3CC2CC2)c2ccncc12. The maximum absolute atomic E-state index is 9.18. The molecule has 0 unspecified atom stereocenters. The van der Waals surface area contributed by atoms with Gasteiger partial charge in [0.2, 0.25) is 0 Å². The van der Waals surface area contributed by atoms with Crippen LogP contribution in [0, 0.1) is 24.2 Å². The Labute approximate surface area is 201 Å². The number of fused-ring (bicyclic) bond motifs is 2. The topological polar surface area (TPSA) is 127 Å². The molecule has 0 bridgehead atoms. The third-order valence-electron chi connectivity index (χ3n) is 6.28. The molecule has 6 rings (SSSR count). The molecule has 1 fully saturated rings. The van der Waals surface area contributed by atoms with Gasteiger partial charge in [0.15, 0.2) is 5.82 Å². The van der Waals surface area contributed by atoms with E-state index in [0.717, 1.165) is 45.4 Å². The number of aryl methyl sites for hydroxylation is 1. The number of nitrogen functional groups attached to an aromatic ring is 1. The number of nitrogens with zero attached hydrogens (tertiary/aromatic N) is 7. The van der Waals surface area contributed by atoms with E-state index < -0.39 is 0 Å². The third kappa shape index (κ3) is 3.85. The van der Waals surface area contributed by atoms with E-state index in [-0.39, 0.29) is 0 Å². The first-order valence-corrected chi connectivity index (χ1v) is 11.5. The predicted molar refractivity (Wildman–Crippen MR) is 134 cm³/mol. The van der Waals surface area contributed by atoms with E-state index in [9.17, 15) is 5.26 Å². The van der Waals surface area contributed by atoms with Gasteiger partial charge in [0, 0.05) is 47.5 Å². The number of anilines is 1. The van der Waals surface area contributed by atoms with Gasteiger partial charge in [-0.25, -0.2) is 14.3 Å². The molecule has 35 heavy (non-hydrogen) atoms. The standard InChI is InChI=1S/C26H23N9/c1-16-21-14-29-10-9-22(21)35(32-16)24-12-23(28)31-26-20(8-11-30-24)25(33-34(26)15-18-2-3-18)19-6-4-17(13-27)5-7-19/h4-12,14,18,31H,2-3,15,28H2,1H3. The highest BCUT2D eigenvalue weighted by Gasteiger charge is 2.24. The molecular weight excluding hydrogens is 438 g/mol. The molecule has 0 atom stereocenters. The lowest BCUT2D eigenvalue weighted by atomic mass is 10.1. The van der Waals surface area contributed by atoms with Crippen molar-refractivity contribution < 1.29 is 0 Å². The Hall–Kier alpha value is -4.71. The summed E-state index contributed by atoms with van der Waals surface area (Å²) in [5.74, 6) is 1.64. The lowest BCUT2D eigenvalue weighted by Gasteiger charge is -2.02. The molecule has 4 heterocycles. The quantitative estimate of drug-likeness (QED) is 0.407. The summed E-state index contributed by atoms with van der Waals surface area (Å²) < 4.78 is 3.77. The molecule has 172 valence electrons. The molecule has 0 aliphatic heterocycles. The molecule has 1 aromatic carbocycles. The van der Waals surface area contributed by atoms with Crippen molar-refractivity contribution in [2.24, 2.45) is 5.92 Å². The van der Waals surface area contributed by atoms with E-state index in [0.29, 0.717) is 23.1 Å². The van der Waals surface area contributed by atoms with E-state index in [4.69, 9.17) is 15.8 Å². The summed E-state index contributed by atoms with van der Waals surface area (Å²) in [5.41, 5.74) is 11.4. The Morgan fingerprint density at radius 1 is 1.09 bits per heavy atom. The molecule has 0 spiro atoms. The molecular formula is C26H23N9. The van der Waals surface area contributed by atoms with Gasteiger partial charge in [-0.3, -0.25) is 4.98 Å². The van der Waals surface area contributed by atoms with Gasteiger partial charge in [-0.2, -0.15) is 15.5 Å². The van der Waals surface area contributed by atoms with Gasteiger partial charge >= 0.3 is 0 Å². The molecule has 0 radical (unpaired) electrons. The van der Waals surface area contributed by atoms with Crippen LogP contribution in [-0.4, -0.2) is 34.5 Å². The average Bonchev–Trinajstić information content (AvgIpc) is 3.53. The van der Waals surface area contributed by atoms with E-state index in [1.165, 1.54) is 12.8 Å². The monoisotopic (exact) mass is 461 g/mol. The van der Waals surface area contributed by atoms with Crippen LogP contribution in [0.15, 0.2) is 61.1 Å². The van der Waals surface area contributed by atoms with Crippen LogP contribution in [0.4, 0.5) is 5.82 Å². The first-order valence-electron chi connectivity index (χ1n) is 11.5. The minimum Gasteiger partial charge on any atom is -0.385 e. The maximum Gasteiger partial charge on any atom is 0.157 e. The van der Waals surface area contributed by atoms with Crippen molar-refractivity contribution in [2.45, 2.75) is 26.3 Å². The number of benzene rings is 1. The van der Waals surface area contributed by atoms with Crippen LogP contribution in [0.5, 0.6) is 0 Å². The van der Waals surface area contributed by atoms with E-state index in [1.54, 1.807) is 41.5 Å². The average molecular weight is 462 g/mol. The maximum atomic E-state index is 9.18. The highest BCUT2D eigenvalue weighted by Crippen LogP contribution is 2.33. The molecule has 0 saturated heterocycles. The molecule has 9 nitrogen and oxygen atoms in total. The second-order valence-electron chi connectivity index (χ2n) is 8.84. The van der Waals surface area contributed by atoms with Crippen molar-refractivity contribution in [2.75, 3.05) is 5.73 Å². The third-order valence-corrected chi connectivity index (χ3v) is 6.28. The van der Waals surface area contributed by atoms with E-state index in [2.05, 4.69) is 21.1 Å². The number of rotatable bonds is 4. The first kappa shape index (κ1) is 20.9. The summed E-state index contributed by atoms with van der Waals surface area (Å²) >= 11 is 0. The van der Waals surface area contributed by atoms with Crippen LogP contribution in [-0.2, 0) is 6.54 Å². The van der Waals surface area contributed by atoms with E-state index >= 15 is 0 Å². The molecule has 9 heteroatoms. The fraction of sp³-hybridized carbons (Fsp3) is 0.192. The number of hydrogen-bond acceptors (Lipinski definition) is 6. The van der Waals surface area contributed by atoms with Crippen molar-refractivity contribution >= 4 is 27.8 Å². The molecule has 1 aliphatic carbocycles. The smallest absolute Gasteiger partial charge is 0.157 e. The zero-order valence-corrected chi connectivity index (χ0v) is 19.2. The van der Waals surface area contributed by atoms with Crippen LogP contribution in [0.3, 0.4) is 0 Å². The fourth-order valence-electron chi connectivity index (χ4n) is 4.29. The Morgan fingerprint density at radius 2 is 1.91 bits per heavy atom. The number of nitrogens with two attached hydrogens (primary N) is 1. The minimum absolute atomic E-state index is 0.437. The number of aromatic nitrogens is 7. The number of H-pyrrole nitrogens is 1. The highest BCUT2D eigenvalue weighted by molar-refractivity contribution is 5.91. The first-order chi connectivity index (χ1) is 17.1. The van der Waals surface area contributed by atoms with Crippen LogP contribution in [0.1, 0.15) is 24.1 Å². The zero-order valence-electron chi connectivity index (χ0n) is 19.2. The summed E-state index contributed by atoms with van der Waals surface area (Å²) in [5, 5.41) is 20.6. The molecule has 4 aromatic heterocycles. The number of nitrogens with one attached hydrogen (secondary N) is 1. The summed E-state index contributed by atoms with van der Waals surface area (Å²) in [6, 6.07) is 15.3. The van der Waals surface area contributed by atoms with Crippen LogP contribution in [0.25, 0.3) is 39.0 Å². The van der Waals surface area contributed by atoms with Crippen LogP contribution >= 0.6 is 0 Å². The van der Waals surface area contributed by atoms with Crippen molar-refractivity contribution in [3.8, 4) is 23.1 Å². The summed E-state index contributed by atoms with van der Waals surface area (Å²) in [6.45, 7) is 2.76. The largest absolute Gasteiger partial charge is 0.385 e. The Bertz CT molecular complexity index is 1660. The normalized spacial score (nSPS) is 13.1. The van der Waals surface area contributed by atoms with Gasteiger partial charge in [0.25, 0.3) is 0 Å². The number of aromatic amines is 1. The second-order valence-corrected chi connectivity index (χ2v) is 8.84. The van der Waals surface area contributed by atoms with Gasteiger partial charge in [-0.05, 0) is 49.9 Å².